The van der Waals surface area contributed by atoms with Crippen LogP contribution in [0.5, 0.6) is 0 Å². The molecule has 37 heavy (non-hydrogen) atoms. The second-order valence-corrected chi connectivity index (χ2v) is 12.8. The Kier molecular flexibility index (Phi) is 25.5. The monoisotopic (exact) mass is 519 g/mol. The number of unbranched alkanes of at least 4 members (excludes halogenated alkanes) is 18. The van der Waals surface area contributed by atoms with Gasteiger partial charge in [0.25, 0.3) is 0 Å². The molecule has 0 aliphatic heterocycles. The van der Waals surface area contributed by atoms with Gasteiger partial charge in [-0.15, -0.1) is 0 Å². The van der Waals surface area contributed by atoms with Crippen molar-refractivity contribution in [3.63, 3.8) is 0 Å². The molecule has 1 rings (SSSR count). The molecule has 1 aliphatic carbocycles. The van der Waals surface area contributed by atoms with Crippen molar-refractivity contribution in [2.45, 2.75) is 213 Å². The van der Waals surface area contributed by atoms with E-state index in [2.05, 4.69) is 13.8 Å². The van der Waals surface area contributed by atoms with Crippen molar-refractivity contribution in [3.05, 3.63) is 0 Å². The maximum Gasteiger partial charge on any atom is 0.139 e. The molecule has 0 radical (unpaired) electrons. The normalized spacial score (nSPS) is 20.0. The Labute approximate surface area is 235 Å². The maximum absolute atomic E-state index is 13.6. The third-order valence-corrected chi connectivity index (χ3v) is 9.22. The summed E-state index contributed by atoms with van der Waals surface area (Å²) >= 11 is 0. The summed E-state index contributed by atoms with van der Waals surface area (Å²) in [5.41, 5.74) is 0. The van der Waals surface area contributed by atoms with Gasteiger partial charge >= 0.3 is 0 Å². The highest BCUT2D eigenvalue weighted by atomic mass is 16.1. The first-order valence-electron chi connectivity index (χ1n) is 17.8. The van der Waals surface area contributed by atoms with Crippen molar-refractivity contribution in [1.29, 1.82) is 0 Å². The van der Waals surface area contributed by atoms with Crippen molar-refractivity contribution in [2.75, 3.05) is 0 Å². The molecule has 220 valence electrons. The molecule has 0 aromatic carbocycles. The summed E-state index contributed by atoms with van der Waals surface area (Å²) in [5, 5.41) is 0. The van der Waals surface area contributed by atoms with Gasteiger partial charge < -0.3 is 0 Å². The first kappa shape index (κ1) is 34.7. The molecule has 0 spiro atoms. The summed E-state index contributed by atoms with van der Waals surface area (Å²) < 4.78 is 0. The highest BCUT2D eigenvalue weighted by molar-refractivity contribution is 5.83. The second kappa shape index (κ2) is 27.2. The van der Waals surface area contributed by atoms with Gasteiger partial charge in [0.05, 0.1) is 0 Å². The standard InChI is InChI=1S/C36H70O/c1-3-5-7-9-10-11-12-13-14-15-16-17-18-20-23-27-32-35-33-29-25-22-19-21-24-28-31-34(36(35)37)30-26-8-6-4-2/h34-35H,3-33H2,1-2H3. The van der Waals surface area contributed by atoms with Gasteiger partial charge in [0, 0.05) is 11.8 Å². The first-order chi connectivity index (χ1) is 18.3. The van der Waals surface area contributed by atoms with Gasteiger partial charge in [-0.25, -0.2) is 0 Å². The van der Waals surface area contributed by atoms with E-state index in [0.29, 0.717) is 17.6 Å². The predicted molar refractivity (Wildman–Crippen MR) is 166 cm³/mol. The SMILES string of the molecule is CCCCCCCCCCCCCCCCCCC1CCCCCCCCCC(CCCCCC)C1=O. The van der Waals surface area contributed by atoms with E-state index in [1.54, 1.807) is 0 Å². The predicted octanol–water partition coefficient (Wildman–Crippen LogP) is 12.9. The minimum atomic E-state index is 0.377. The molecule has 0 saturated heterocycles. The molecule has 0 heterocycles. The highest BCUT2D eigenvalue weighted by Crippen LogP contribution is 2.29. The van der Waals surface area contributed by atoms with E-state index >= 15 is 0 Å². The molecule has 1 nitrogen and oxygen atoms in total. The van der Waals surface area contributed by atoms with Gasteiger partial charge in [0.1, 0.15) is 5.78 Å². The van der Waals surface area contributed by atoms with Crippen LogP contribution in [0.3, 0.4) is 0 Å². The minimum absolute atomic E-state index is 0.377. The maximum atomic E-state index is 13.6. The lowest BCUT2D eigenvalue weighted by Crippen LogP contribution is -2.24. The quantitative estimate of drug-likeness (QED) is 0.130. The minimum Gasteiger partial charge on any atom is -0.299 e. The third-order valence-electron chi connectivity index (χ3n) is 9.22. The number of rotatable bonds is 22. The Morgan fingerprint density at radius 3 is 1.03 bits per heavy atom. The Hall–Kier alpha value is -0.330. The van der Waals surface area contributed by atoms with Crippen molar-refractivity contribution >= 4 is 5.78 Å². The van der Waals surface area contributed by atoms with Crippen LogP contribution < -0.4 is 0 Å². The average molecular weight is 519 g/mol. The first-order valence-corrected chi connectivity index (χ1v) is 17.8. The lowest BCUT2D eigenvalue weighted by molar-refractivity contribution is -0.128. The average Bonchev–Trinajstić information content (AvgIpc) is 2.90. The molecule has 0 bridgehead atoms. The van der Waals surface area contributed by atoms with Crippen LogP contribution in [-0.2, 0) is 4.79 Å². The Bertz CT molecular complexity index is 467. The Morgan fingerprint density at radius 2 is 0.676 bits per heavy atom. The van der Waals surface area contributed by atoms with Crippen LogP contribution in [-0.4, -0.2) is 5.78 Å². The molecule has 2 atom stereocenters. The molecule has 1 fully saturated rings. The zero-order valence-electron chi connectivity index (χ0n) is 26.0. The van der Waals surface area contributed by atoms with Crippen LogP contribution in [0.2, 0.25) is 0 Å². The van der Waals surface area contributed by atoms with Crippen molar-refractivity contribution < 1.29 is 4.79 Å². The van der Waals surface area contributed by atoms with Crippen LogP contribution in [0.15, 0.2) is 0 Å². The fraction of sp³-hybridized carbons (Fsp3) is 0.972. The van der Waals surface area contributed by atoms with Gasteiger partial charge in [-0.3, -0.25) is 4.79 Å². The lowest BCUT2D eigenvalue weighted by atomic mass is 9.80. The molecule has 0 aromatic rings. The molecule has 1 saturated carbocycles. The largest absolute Gasteiger partial charge is 0.299 e. The molecular formula is C36H70O. The Balaban J connectivity index is 2.16. The van der Waals surface area contributed by atoms with E-state index in [-0.39, 0.29) is 0 Å². The zero-order chi connectivity index (χ0) is 26.7. The summed E-state index contributed by atoms with van der Waals surface area (Å²) in [6.45, 7) is 4.59. The summed E-state index contributed by atoms with van der Waals surface area (Å²) in [6.07, 6.45) is 42.2. The molecule has 2 unspecified atom stereocenters. The third kappa shape index (κ3) is 21.2. The van der Waals surface area contributed by atoms with E-state index in [0.717, 1.165) is 0 Å². The smallest absolute Gasteiger partial charge is 0.139 e. The molecule has 0 aromatic heterocycles. The van der Waals surface area contributed by atoms with Crippen molar-refractivity contribution in [2.24, 2.45) is 11.8 Å². The van der Waals surface area contributed by atoms with Crippen LogP contribution in [0.25, 0.3) is 0 Å². The summed E-state index contributed by atoms with van der Waals surface area (Å²) in [5.74, 6) is 1.43. The van der Waals surface area contributed by atoms with Crippen LogP contribution in [0.1, 0.15) is 213 Å². The number of carbonyl (C=O) groups is 1. The molecule has 1 heteroatoms. The van der Waals surface area contributed by atoms with Crippen molar-refractivity contribution in [1.82, 2.24) is 0 Å². The Morgan fingerprint density at radius 1 is 0.405 bits per heavy atom. The fourth-order valence-electron chi connectivity index (χ4n) is 6.61. The topological polar surface area (TPSA) is 17.1 Å². The number of Topliss-reactive ketones (excluding diaryl/α,β-unsaturated/α-hetero) is 1. The van der Waals surface area contributed by atoms with Gasteiger partial charge in [-0.1, -0.05) is 187 Å². The molecular weight excluding hydrogens is 448 g/mol. The molecule has 0 amide bonds. The van der Waals surface area contributed by atoms with Gasteiger partial charge in [-0.2, -0.15) is 0 Å². The lowest BCUT2D eigenvalue weighted by Gasteiger charge is -2.24. The summed E-state index contributed by atoms with van der Waals surface area (Å²) in [4.78, 5) is 13.6. The number of ketones is 1. The van der Waals surface area contributed by atoms with Gasteiger partial charge in [-0.05, 0) is 25.7 Å². The highest BCUT2D eigenvalue weighted by Gasteiger charge is 2.26. The van der Waals surface area contributed by atoms with Gasteiger partial charge in [0.15, 0.2) is 0 Å². The number of carbonyl (C=O) groups excluding carboxylic acids is 1. The van der Waals surface area contributed by atoms with Crippen LogP contribution in [0, 0.1) is 11.8 Å². The van der Waals surface area contributed by atoms with E-state index in [1.807, 2.05) is 0 Å². The molecule has 1 aliphatic rings. The van der Waals surface area contributed by atoms with Crippen molar-refractivity contribution in [3.8, 4) is 0 Å². The van der Waals surface area contributed by atoms with Gasteiger partial charge in [0.2, 0.25) is 0 Å². The zero-order valence-corrected chi connectivity index (χ0v) is 26.0. The fourth-order valence-corrected chi connectivity index (χ4v) is 6.61. The number of hydrogen-bond donors (Lipinski definition) is 0. The van der Waals surface area contributed by atoms with Crippen LogP contribution in [0.4, 0.5) is 0 Å². The second-order valence-electron chi connectivity index (χ2n) is 12.8. The van der Waals surface area contributed by atoms with E-state index in [1.165, 1.54) is 199 Å². The summed E-state index contributed by atoms with van der Waals surface area (Å²) in [7, 11) is 0. The molecule has 0 N–H and O–H groups in total. The van der Waals surface area contributed by atoms with Crippen LogP contribution >= 0.6 is 0 Å². The van der Waals surface area contributed by atoms with E-state index in [4.69, 9.17) is 0 Å². The number of hydrogen-bond acceptors (Lipinski definition) is 1. The van der Waals surface area contributed by atoms with E-state index in [9.17, 15) is 4.79 Å². The summed E-state index contributed by atoms with van der Waals surface area (Å²) in [6, 6.07) is 0. The van der Waals surface area contributed by atoms with E-state index < -0.39 is 0 Å².